The van der Waals surface area contributed by atoms with Crippen molar-refractivity contribution < 1.29 is 4.79 Å². The van der Waals surface area contributed by atoms with Crippen molar-refractivity contribution >= 4 is 5.91 Å². The van der Waals surface area contributed by atoms with Crippen LogP contribution in [0.15, 0.2) is 0 Å². The summed E-state index contributed by atoms with van der Waals surface area (Å²) < 4.78 is 0. The molecule has 0 N–H and O–H groups in total. The predicted molar refractivity (Wildman–Crippen MR) is 45.2 cm³/mol. The maximum atomic E-state index is 11.5. The molecule has 2 atom stereocenters. The van der Waals surface area contributed by atoms with E-state index in [-0.39, 0.29) is 5.92 Å². The Morgan fingerprint density at radius 3 is 2.18 bits per heavy atom. The number of nitrogens with zero attached hydrogens (tertiary/aromatic N) is 1. The standard InChI is InChI=1S/C9H17NO/c1-6(2)10-8(4)5-7(3)9(10)11/h6-8H,5H2,1-4H3/t7-,8+/m0/s1. The largest absolute Gasteiger partial charge is 0.337 e. The van der Waals surface area contributed by atoms with Crippen molar-refractivity contribution in [2.75, 3.05) is 0 Å². The van der Waals surface area contributed by atoms with Gasteiger partial charge in [-0.2, -0.15) is 0 Å². The molecule has 0 spiro atoms. The maximum Gasteiger partial charge on any atom is 0.225 e. The molecule has 2 heteroatoms. The van der Waals surface area contributed by atoms with Crippen LogP contribution >= 0.6 is 0 Å². The van der Waals surface area contributed by atoms with Crippen molar-refractivity contribution in [3.8, 4) is 0 Å². The summed E-state index contributed by atoms with van der Waals surface area (Å²) in [6.07, 6.45) is 1.02. The Bertz CT molecular complexity index is 165. The van der Waals surface area contributed by atoms with E-state index in [2.05, 4.69) is 20.8 Å². The Labute approximate surface area is 68.6 Å². The minimum atomic E-state index is 0.243. The van der Waals surface area contributed by atoms with Gasteiger partial charge in [0.2, 0.25) is 5.91 Å². The quantitative estimate of drug-likeness (QED) is 0.564. The van der Waals surface area contributed by atoms with E-state index in [1.165, 1.54) is 0 Å². The molecule has 0 aromatic carbocycles. The Morgan fingerprint density at radius 2 is 2.00 bits per heavy atom. The monoisotopic (exact) mass is 155 g/mol. The lowest BCUT2D eigenvalue weighted by Crippen LogP contribution is -2.37. The first kappa shape index (κ1) is 8.57. The van der Waals surface area contributed by atoms with Crippen molar-refractivity contribution in [3.63, 3.8) is 0 Å². The van der Waals surface area contributed by atoms with Crippen LogP contribution in [0.4, 0.5) is 0 Å². The number of rotatable bonds is 1. The summed E-state index contributed by atoms with van der Waals surface area (Å²) in [5.74, 6) is 0.569. The second-order valence-corrected chi connectivity index (χ2v) is 3.83. The molecule has 1 fully saturated rings. The molecular weight excluding hydrogens is 138 g/mol. The molecule has 1 rings (SSSR count). The maximum absolute atomic E-state index is 11.5. The average Bonchev–Trinajstić information content (AvgIpc) is 2.07. The normalized spacial score (nSPS) is 32.1. The van der Waals surface area contributed by atoms with Gasteiger partial charge in [-0.05, 0) is 27.2 Å². The molecular formula is C9H17NO. The zero-order valence-electron chi connectivity index (χ0n) is 7.79. The van der Waals surface area contributed by atoms with Crippen LogP contribution in [0.25, 0.3) is 0 Å². The third-order valence-corrected chi connectivity index (χ3v) is 2.40. The van der Waals surface area contributed by atoms with Gasteiger partial charge in [0.25, 0.3) is 0 Å². The summed E-state index contributed by atoms with van der Waals surface area (Å²) in [4.78, 5) is 13.5. The fraction of sp³-hybridized carbons (Fsp3) is 0.889. The first-order valence-electron chi connectivity index (χ1n) is 4.36. The van der Waals surface area contributed by atoms with Crippen molar-refractivity contribution in [1.82, 2.24) is 4.90 Å². The van der Waals surface area contributed by atoms with Crippen molar-refractivity contribution in [3.05, 3.63) is 0 Å². The summed E-state index contributed by atoms with van der Waals surface area (Å²) in [5, 5.41) is 0. The van der Waals surface area contributed by atoms with E-state index in [1.54, 1.807) is 0 Å². The highest BCUT2D eigenvalue weighted by molar-refractivity contribution is 5.81. The molecule has 0 aliphatic carbocycles. The van der Waals surface area contributed by atoms with Gasteiger partial charge in [-0.15, -0.1) is 0 Å². The fourth-order valence-corrected chi connectivity index (χ4v) is 1.96. The first-order chi connectivity index (χ1) is 5.04. The van der Waals surface area contributed by atoms with E-state index >= 15 is 0 Å². The molecule has 1 heterocycles. The molecule has 11 heavy (non-hydrogen) atoms. The van der Waals surface area contributed by atoms with Gasteiger partial charge in [0.1, 0.15) is 0 Å². The fourth-order valence-electron chi connectivity index (χ4n) is 1.96. The highest BCUT2D eigenvalue weighted by Gasteiger charge is 2.35. The van der Waals surface area contributed by atoms with Crippen LogP contribution in [-0.4, -0.2) is 22.9 Å². The molecule has 0 saturated carbocycles. The molecule has 2 nitrogen and oxygen atoms in total. The smallest absolute Gasteiger partial charge is 0.225 e. The van der Waals surface area contributed by atoms with Gasteiger partial charge in [0.15, 0.2) is 0 Å². The molecule has 1 amide bonds. The van der Waals surface area contributed by atoms with Gasteiger partial charge in [0, 0.05) is 18.0 Å². The second-order valence-electron chi connectivity index (χ2n) is 3.83. The lowest BCUT2D eigenvalue weighted by molar-refractivity contribution is -0.132. The number of carbonyl (C=O) groups excluding carboxylic acids is 1. The Hall–Kier alpha value is -0.530. The summed E-state index contributed by atoms with van der Waals surface area (Å²) in [5.41, 5.74) is 0. The van der Waals surface area contributed by atoms with Crippen LogP contribution in [0.2, 0.25) is 0 Å². The van der Waals surface area contributed by atoms with Crippen molar-refractivity contribution in [1.29, 1.82) is 0 Å². The highest BCUT2D eigenvalue weighted by atomic mass is 16.2. The lowest BCUT2D eigenvalue weighted by Gasteiger charge is -2.25. The van der Waals surface area contributed by atoms with E-state index in [4.69, 9.17) is 0 Å². The Balaban J connectivity index is 2.72. The van der Waals surface area contributed by atoms with E-state index in [9.17, 15) is 4.79 Å². The van der Waals surface area contributed by atoms with Crippen LogP contribution in [0.3, 0.4) is 0 Å². The third-order valence-electron chi connectivity index (χ3n) is 2.40. The minimum Gasteiger partial charge on any atom is -0.337 e. The number of carbonyl (C=O) groups is 1. The summed E-state index contributed by atoms with van der Waals surface area (Å²) in [6.45, 7) is 8.29. The molecule has 0 bridgehead atoms. The predicted octanol–water partition coefficient (Wildman–Crippen LogP) is 1.65. The molecule has 1 aliphatic rings. The van der Waals surface area contributed by atoms with Crippen LogP contribution in [-0.2, 0) is 4.79 Å². The molecule has 1 aliphatic heterocycles. The molecule has 1 saturated heterocycles. The van der Waals surface area contributed by atoms with Gasteiger partial charge < -0.3 is 4.90 Å². The van der Waals surface area contributed by atoms with Crippen LogP contribution in [0.1, 0.15) is 34.1 Å². The SMILES string of the molecule is CC(C)N1C(=O)[C@@H](C)C[C@H]1C. The third kappa shape index (κ3) is 1.39. The van der Waals surface area contributed by atoms with Crippen molar-refractivity contribution in [2.24, 2.45) is 5.92 Å². The number of hydrogen-bond donors (Lipinski definition) is 0. The van der Waals surface area contributed by atoms with Gasteiger partial charge in [-0.3, -0.25) is 4.79 Å². The van der Waals surface area contributed by atoms with E-state index in [0.717, 1.165) is 6.42 Å². The van der Waals surface area contributed by atoms with Gasteiger partial charge in [0.05, 0.1) is 0 Å². The van der Waals surface area contributed by atoms with Gasteiger partial charge in [-0.1, -0.05) is 6.92 Å². The van der Waals surface area contributed by atoms with E-state index in [1.807, 2.05) is 11.8 Å². The Kier molecular flexibility index (Phi) is 2.21. The summed E-state index contributed by atoms with van der Waals surface area (Å²) in [7, 11) is 0. The molecule has 0 aromatic rings. The van der Waals surface area contributed by atoms with Crippen LogP contribution in [0, 0.1) is 5.92 Å². The number of amides is 1. The number of hydrogen-bond acceptors (Lipinski definition) is 1. The summed E-state index contributed by atoms with van der Waals surface area (Å²) in [6, 6.07) is 0.806. The molecule has 0 aromatic heterocycles. The van der Waals surface area contributed by atoms with Crippen LogP contribution < -0.4 is 0 Å². The lowest BCUT2D eigenvalue weighted by atomic mass is 10.1. The van der Waals surface area contributed by atoms with Crippen molar-refractivity contribution in [2.45, 2.75) is 46.2 Å². The van der Waals surface area contributed by atoms with Crippen LogP contribution in [0.5, 0.6) is 0 Å². The van der Waals surface area contributed by atoms with E-state index < -0.39 is 0 Å². The van der Waals surface area contributed by atoms with Gasteiger partial charge >= 0.3 is 0 Å². The first-order valence-corrected chi connectivity index (χ1v) is 4.36. The zero-order valence-corrected chi connectivity index (χ0v) is 7.79. The molecule has 0 radical (unpaired) electrons. The Morgan fingerprint density at radius 1 is 1.45 bits per heavy atom. The summed E-state index contributed by atoms with van der Waals surface area (Å²) >= 11 is 0. The van der Waals surface area contributed by atoms with E-state index in [0.29, 0.717) is 18.0 Å². The molecule has 0 unspecified atom stereocenters. The molecule has 64 valence electrons. The number of likely N-dealkylation sites (tertiary alicyclic amines) is 1. The average molecular weight is 155 g/mol. The van der Waals surface area contributed by atoms with Gasteiger partial charge in [-0.25, -0.2) is 0 Å². The zero-order chi connectivity index (χ0) is 8.59. The second kappa shape index (κ2) is 2.84. The topological polar surface area (TPSA) is 20.3 Å². The minimum absolute atomic E-state index is 0.243. The highest BCUT2D eigenvalue weighted by Crippen LogP contribution is 2.25.